The molecule has 0 atom stereocenters. The lowest BCUT2D eigenvalue weighted by atomic mass is 9.92. The molecule has 1 fully saturated rings. The first-order valence-electron chi connectivity index (χ1n) is 5.80. The van der Waals surface area contributed by atoms with Gasteiger partial charge in [-0.25, -0.2) is 4.98 Å². The maximum atomic E-state index is 5.87. The molecular formula is C12H19N3O. The fraction of sp³-hybridized carbons (Fsp3) is 0.583. The number of hydrogen-bond acceptors (Lipinski definition) is 4. The van der Waals surface area contributed by atoms with E-state index in [2.05, 4.69) is 10.3 Å². The predicted octanol–water partition coefficient (Wildman–Crippen LogP) is 1.77. The normalized spacial score (nSPS) is 25.1. The number of anilines is 1. The zero-order valence-corrected chi connectivity index (χ0v) is 9.65. The summed E-state index contributed by atoms with van der Waals surface area (Å²) in [6.45, 7) is 0. The maximum Gasteiger partial charge on any atom is 0.213 e. The molecule has 1 aromatic heterocycles. The summed E-state index contributed by atoms with van der Waals surface area (Å²) in [6.07, 6.45) is 6.33. The minimum atomic E-state index is 0.395. The topological polar surface area (TPSA) is 60.2 Å². The first kappa shape index (κ1) is 11.2. The molecule has 1 saturated carbocycles. The maximum absolute atomic E-state index is 5.87. The second-order valence-electron chi connectivity index (χ2n) is 4.35. The molecule has 1 heterocycles. The van der Waals surface area contributed by atoms with Crippen LogP contribution in [0.2, 0.25) is 0 Å². The van der Waals surface area contributed by atoms with Crippen LogP contribution >= 0.6 is 0 Å². The van der Waals surface area contributed by atoms with E-state index in [9.17, 15) is 0 Å². The van der Waals surface area contributed by atoms with Crippen LogP contribution < -0.4 is 15.8 Å². The summed E-state index contributed by atoms with van der Waals surface area (Å²) < 4.78 is 5.02. The molecule has 16 heavy (non-hydrogen) atoms. The van der Waals surface area contributed by atoms with Crippen molar-refractivity contribution in [2.45, 2.75) is 37.8 Å². The first-order valence-corrected chi connectivity index (χ1v) is 5.80. The zero-order valence-electron chi connectivity index (χ0n) is 9.65. The fourth-order valence-electron chi connectivity index (χ4n) is 2.09. The Balaban J connectivity index is 1.88. The van der Waals surface area contributed by atoms with E-state index >= 15 is 0 Å². The van der Waals surface area contributed by atoms with Gasteiger partial charge in [0.05, 0.1) is 19.0 Å². The lowest BCUT2D eigenvalue weighted by Gasteiger charge is -2.27. The van der Waals surface area contributed by atoms with Crippen LogP contribution in [0.4, 0.5) is 5.69 Å². The number of nitrogens with one attached hydrogen (secondary N) is 1. The van der Waals surface area contributed by atoms with Crippen LogP contribution in [0.3, 0.4) is 0 Å². The van der Waals surface area contributed by atoms with Gasteiger partial charge in [0.2, 0.25) is 5.88 Å². The number of rotatable bonds is 3. The van der Waals surface area contributed by atoms with Crippen molar-refractivity contribution in [3.63, 3.8) is 0 Å². The molecule has 0 amide bonds. The van der Waals surface area contributed by atoms with Gasteiger partial charge in [-0.1, -0.05) is 0 Å². The summed E-state index contributed by atoms with van der Waals surface area (Å²) in [7, 11) is 1.62. The predicted molar refractivity (Wildman–Crippen MR) is 64.6 cm³/mol. The van der Waals surface area contributed by atoms with Crippen molar-refractivity contribution >= 4 is 5.69 Å². The van der Waals surface area contributed by atoms with Crippen molar-refractivity contribution in [1.29, 1.82) is 0 Å². The van der Waals surface area contributed by atoms with E-state index in [0.717, 1.165) is 31.4 Å². The van der Waals surface area contributed by atoms with Crippen molar-refractivity contribution in [3.8, 4) is 5.88 Å². The minimum absolute atomic E-state index is 0.395. The highest BCUT2D eigenvalue weighted by Gasteiger charge is 2.18. The molecule has 0 saturated heterocycles. The first-order chi connectivity index (χ1) is 7.78. The van der Waals surface area contributed by atoms with Crippen LogP contribution in [0, 0.1) is 0 Å². The summed E-state index contributed by atoms with van der Waals surface area (Å²) in [4.78, 5) is 4.17. The van der Waals surface area contributed by atoms with Crippen LogP contribution in [0.25, 0.3) is 0 Å². The molecule has 0 aliphatic heterocycles. The van der Waals surface area contributed by atoms with Gasteiger partial charge in [-0.05, 0) is 31.7 Å². The van der Waals surface area contributed by atoms with Gasteiger partial charge in [-0.15, -0.1) is 0 Å². The molecule has 4 nitrogen and oxygen atoms in total. The lowest BCUT2D eigenvalue weighted by molar-refractivity contribution is 0.397. The van der Waals surface area contributed by atoms with E-state index in [1.807, 2.05) is 18.3 Å². The van der Waals surface area contributed by atoms with E-state index in [-0.39, 0.29) is 0 Å². The molecule has 88 valence electrons. The van der Waals surface area contributed by atoms with Gasteiger partial charge < -0.3 is 15.8 Å². The Kier molecular flexibility index (Phi) is 3.62. The van der Waals surface area contributed by atoms with Crippen molar-refractivity contribution in [3.05, 3.63) is 18.3 Å². The van der Waals surface area contributed by atoms with Crippen LogP contribution in [0.5, 0.6) is 5.88 Å². The molecule has 0 spiro atoms. The van der Waals surface area contributed by atoms with Crippen LogP contribution in [0.1, 0.15) is 25.7 Å². The van der Waals surface area contributed by atoms with Gasteiger partial charge in [0.1, 0.15) is 0 Å². The molecule has 1 aliphatic carbocycles. The second kappa shape index (κ2) is 5.16. The molecule has 0 aromatic carbocycles. The smallest absolute Gasteiger partial charge is 0.213 e. The van der Waals surface area contributed by atoms with Gasteiger partial charge in [0, 0.05) is 18.2 Å². The number of nitrogens with two attached hydrogens (primary N) is 1. The Morgan fingerprint density at radius 3 is 2.62 bits per heavy atom. The summed E-state index contributed by atoms with van der Waals surface area (Å²) >= 11 is 0. The molecule has 0 unspecified atom stereocenters. The van der Waals surface area contributed by atoms with Crippen LogP contribution in [-0.2, 0) is 0 Å². The largest absolute Gasteiger partial charge is 0.481 e. The Labute approximate surface area is 96.2 Å². The number of ether oxygens (including phenoxy) is 1. The van der Waals surface area contributed by atoms with Crippen molar-refractivity contribution in [2.24, 2.45) is 5.73 Å². The van der Waals surface area contributed by atoms with Gasteiger partial charge in [-0.2, -0.15) is 0 Å². The third-order valence-corrected chi connectivity index (χ3v) is 3.09. The van der Waals surface area contributed by atoms with Gasteiger partial charge in [-0.3, -0.25) is 0 Å². The van der Waals surface area contributed by atoms with E-state index in [1.165, 1.54) is 0 Å². The molecule has 0 bridgehead atoms. The Hall–Kier alpha value is -1.29. The molecular weight excluding hydrogens is 202 g/mol. The zero-order chi connectivity index (χ0) is 11.4. The van der Waals surface area contributed by atoms with E-state index in [4.69, 9.17) is 10.5 Å². The summed E-state index contributed by atoms with van der Waals surface area (Å²) in [5.41, 5.74) is 6.93. The fourth-order valence-corrected chi connectivity index (χ4v) is 2.09. The van der Waals surface area contributed by atoms with E-state index < -0.39 is 0 Å². The average molecular weight is 221 g/mol. The Morgan fingerprint density at radius 2 is 2.06 bits per heavy atom. The molecule has 0 radical (unpaired) electrons. The average Bonchev–Trinajstić information content (AvgIpc) is 2.33. The summed E-state index contributed by atoms with van der Waals surface area (Å²) in [6, 6.07) is 4.80. The number of methoxy groups -OCH3 is 1. The monoisotopic (exact) mass is 221 g/mol. The highest BCUT2D eigenvalue weighted by molar-refractivity contribution is 5.43. The highest BCUT2D eigenvalue weighted by Crippen LogP contribution is 2.21. The van der Waals surface area contributed by atoms with Crippen molar-refractivity contribution < 1.29 is 4.74 Å². The molecule has 4 heteroatoms. The Morgan fingerprint density at radius 1 is 1.31 bits per heavy atom. The number of pyridine rings is 1. The van der Waals surface area contributed by atoms with Gasteiger partial charge in [0.15, 0.2) is 0 Å². The number of hydrogen-bond donors (Lipinski definition) is 2. The molecule has 2 rings (SSSR count). The SMILES string of the molecule is COc1ccc(NC2CCC(N)CC2)cn1. The second-order valence-corrected chi connectivity index (χ2v) is 4.35. The number of aromatic nitrogens is 1. The van der Waals surface area contributed by atoms with E-state index in [1.54, 1.807) is 7.11 Å². The van der Waals surface area contributed by atoms with Gasteiger partial charge >= 0.3 is 0 Å². The third-order valence-electron chi connectivity index (χ3n) is 3.09. The van der Waals surface area contributed by atoms with Crippen LogP contribution in [-0.4, -0.2) is 24.2 Å². The summed E-state index contributed by atoms with van der Waals surface area (Å²) in [5.74, 6) is 0.649. The minimum Gasteiger partial charge on any atom is -0.481 e. The summed E-state index contributed by atoms with van der Waals surface area (Å²) in [5, 5.41) is 3.48. The molecule has 3 N–H and O–H groups in total. The van der Waals surface area contributed by atoms with Crippen molar-refractivity contribution in [2.75, 3.05) is 12.4 Å². The standard InChI is InChI=1S/C12H19N3O/c1-16-12-7-6-11(8-14-12)15-10-4-2-9(13)3-5-10/h6-10,15H,2-5,13H2,1H3. The quantitative estimate of drug-likeness (QED) is 0.816. The van der Waals surface area contributed by atoms with Crippen LogP contribution in [0.15, 0.2) is 18.3 Å². The van der Waals surface area contributed by atoms with Crippen molar-refractivity contribution in [1.82, 2.24) is 4.98 Å². The molecule has 1 aliphatic rings. The van der Waals surface area contributed by atoms with E-state index in [0.29, 0.717) is 18.0 Å². The molecule has 1 aromatic rings. The third kappa shape index (κ3) is 2.85. The lowest BCUT2D eigenvalue weighted by Crippen LogP contribution is -2.32. The Bertz CT molecular complexity index is 318. The highest BCUT2D eigenvalue weighted by atomic mass is 16.5. The van der Waals surface area contributed by atoms with Gasteiger partial charge in [0.25, 0.3) is 0 Å². The number of nitrogens with zero attached hydrogens (tertiary/aromatic N) is 1.